The molecule has 2 aromatic carbocycles. The quantitative estimate of drug-likeness (QED) is 0.565. The standard InChI is InChI=1S/C14H9N3O2S/c15-8-5-6-10-12(7-8)19-14(17-10)20-13-16-9-3-1-2-4-11(9)18-13/h1-7H,15H2. The van der Waals surface area contributed by atoms with Gasteiger partial charge in [-0.1, -0.05) is 12.1 Å². The molecule has 0 saturated heterocycles. The molecule has 2 heterocycles. The van der Waals surface area contributed by atoms with Gasteiger partial charge in [-0.05, 0) is 24.3 Å². The maximum Gasteiger partial charge on any atom is 0.266 e. The van der Waals surface area contributed by atoms with Crippen LogP contribution < -0.4 is 5.73 Å². The molecule has 2 N–H and O–H groups in total. The molecule has 0 aliphatic carbocycles. The molecule has 4 aromatic rings. The summed E-state index contributed by atoms with van der Waals surface area (Å²) in [5.74, 6) is 0. The summed E-state index contributed by atoms with van der Waals surface area (Å²) in [4.78, 5) is 8.73. The number of aromatic nitrogens is 2. The molecule has 0 radical (unpaired) electrons. The molecule has 4 rings (SSSR count). The number of benzene rings is 2. The van der Waals surface area contributed by atoms with Crippen LogP contribution in [0.1, 0.15) is 0 Å². The number of rotatable bonds is 2. The van der Waals surface area contributed by atoms with E-state index in [1.54, 1.807) is 12.1 Å². The summed E-state index contributed by atoms with van der Waals surface area (Å²) in [6, 6.07) is 13.0. The first kappa shape index (κ1) is 11.4. The van der Waals surface area contributed by atoms with Crippen LogP contribution in [0.25, 0.3) is 22.2 Å². The summed E-state index contributed by atoms with van der Waals surface area (Å²) in [6.07, 6.45) is 0. The second kappa shape index (κ2) is 4.28. The summed E-state index contributed by atoms with van der Waals surface area (Å²) in [5.41, 5.74) is 9.34. The van der Waals surface area contributed by atoms with Crippen LogP contribution in [0, 0.1) is 0 Å². The van der Waals surface area contributed by atoms with Gasteiger partial charge in [-0.15, -0.1) is 0 Å². The summed E-state index contributed by atoms with van der Waals surface area (Å²) >= 11 is 1.25. The van der Waals surface area contributed by atoms with E-state index in [4.69, 9.17) is 14.6 Å². The van der Waals surface area contributed by atoms with Crippen LogP contribution in [0.3, 0.4) is 0 Å². The van der Waals surface area contributed by atoms with E-state index in [1.165, 1.54) is 11.8 Å². The molecule has 6 heteroatoms. The second-order valence-electron chi connectivity index (χ2n) is 4.26. The van der Waals surface area contributed by atoms with Gasteiger partial charge in [-0.2, -0.15) is 0 Å². The van der Waals surface area contributed by atoms with Crippen LogP contribution in [0.2, 0.25) is 0 Å². The largest absolute Gasteiger partial charge is 0.431 e. The molecule has 2 aromatic heterocycles. The zero-order chi connectivity index (χ0) is 13.5. The van der Waals surface area contributed by atoms with Crippen molar-refractivity contribution in [2.24, 2.45) is 0 Å². The average Bonchev–Trinajstić information content (AvgIpc) is 3.00. The van der Waals surface area contributed by atoms with Crippen molar-refractivity contribution in [1.82, 2.24) is 9.97 Å². The van der Waals surface area contributed by atoms with Crippen molar-refractivity contribution in [3.8, 4) is 0 Å². The third-order valence-corrected chi connectivity index (χ3v) is 3.54. The SMILES string of the molecule is Nc1ccc2nc(Sc3nc4ccccc4o3)oc2c1. The van der Waals surface area contributed by atoms with E-state index in [2.05, 4.69) is 9.97 Å². The Morgan fingerprint density at radius 2 is 1.55 bits per heavy atom. The molecular weight excluding hydrogens is 274 g/mol. The Kier molecular flexibility index (Phi) is 2.43. The van der Waals surface area contributed by atoms with E-state index < -0.39 is 0 Å². The lowest BCUT2D eigenvalue weighted by atomic mass is 10.3. The number of oxazole rings is 2. The van der Waals surface area contributed by atoms with Gasteiger partial charge >= 0.3 is 0 Å². The van der Waals surface area contributed by atoms with Gasteiger partial charge in [0.15, 0.2) is 11.2 Å². The zero-order valence-electron chi connectivity index (χ0n) is 10.2. The minimum atomic E-state index is 0.483. The fourth-order valence-electron chi connectivity index (χ4n) is 1.93. The highest BCUT2D eigenvalue weighted by Gasteiger charge is 2.12. The lowest BCUT2D eigenvalue weighted by Gasteiger charge is -1.88. The number of nitrogens with two attached hydrogens (primary N) is 1. The van der Waals surface area contributed by atoms with E-state index >= 15 is 0 Å². The van der Waals surface area contributed by atoms with Crippen LogP contribution in [-0.2, 0) is 0 Å². The van der Waals surface area contributed by atoms with Crippen LogP contribution >= 0.6 is 11.8 Å². The molecular formula is C14H9N3O2S. The Bertz CT molecular complexity index is 880. The number of nitrogen functional groups attached to an aromatic ring is 1. The van der Waals surface area contributed by atoms with Crippen molar-refractivity contribution in [3.05, 3.63) is 42.5 Å². The maximum atomic E-state index is 5.71. The molecule has 0 aliphatic rings. The van der Waals surface area contributed by atoms with Gasteiger partial charge in [-0.25, -0.2) is 9.97 Å². The van der Waals surface area contributed by atoms with Gasteiger partial charge in [-0.3, -0.25) is 0 Å². The van der Waals surface area contributed by atoms with Crippen molar-refractivity contribution in [1.29, 1.82) is 0 Å². The van der Waals surface area contributed by atoms with Gasteiger partial charge in [0.25, 0.3) is 10.4 Å². The molecule has 0 bridgehead atoms. The topological polar surface area (TPSA) is 78.1 Å². The van der Waals surface area contributed by atoms with Crippen molar-refractivity contribution in [2.45, 2.75) is 10.4 Å². The summed E-state index contributed by atoms with van der Waals surface area (Å²) in [6.45, 7) is 0. The van der Waals surface area contributed by atoms with Crippen LogP contribution in [0.5, 0.6) is 0 Å². The maximum absolute atomic E-state index is 5.71. The minimum Gasteiger partial charge on any atom is -0.431 e. The first-order valence-corrected chi connectivity index (χ1v) is 6.79. The molecule has 0 unspecified atom stereocenters. The van der Waals surface area contributed by atoms with E-state index in [0.717, 1.165) is 16.6 Å². The van der Waals surface area contributed by atoms with E-state index in [9.17, 15) is 0 Å². The van der Waals surface area contributed by atoms with Crippen molar-refractivity contribution in [2.75, 3.05) is 5.73 Å². The van der Waals surface area contributed by atoms with Gasteiger partial charge < -0.3 is 14.6 Å². The van der Waals surface area contributed by atoms with Crippen molar-refractivity contribution < 1.29 is 8.83 Å². The first-order chi connectivity index (χ1) is 9.78. The monoisotopic (exact) mass is 283 g/mol. The molecule has 0 atom stereocenters. The number of anilines is 1. The lowest BCUT2D eigenvalue weighted by Crippen LogP contribution is -1.81. The summed E-state index contributed by atoms with van der Waals surface area (Å²) in [5, 5.41) is 0.989. The number of para-hydroxylation sites is 2. The first-order valence-electron chi connectivity index (χ1n) is 5.97. The van der Waals surface area contributed by atoms with E-state index in [0.29, 0.717) is 21.7 Å². The second-order valence-corrected chi connectivity index (χ2v) is 5.16. The molecule has 98 valence electrons. The Balaban J connectivity index is 1.72. The van der Waals surface area contributed by atoms with E-state index in [-0.39, 0.29) is 0 Å². The zero-order valence-corrected chi connectivity index (χ0v) is 11.1. The van der Waals surface area contributed by atoms with Crippen LogP contribution in [-0.4, -0.2) is 9.97 Å². The Morgan fingerprint density at radius 3 is 2.35 bits per heavy atom. The van der Waals surface area contributed by atoms with Crippen LogP contribution in [0.4, 0.5) is 5.69 Å². The smallest absolute Gasteiger partial charge is 0.266 e. The predicted octanol–water partition coefficient (Wildman–Crippen LogP) is 3.70. The highest BCUT2D eigenvalue weighted by atomic mass is 32.2. The van der Waals surface area contributed by atoms with Gasteiger partial charge in [0.2, 0.25) is 0 Å². The van der Waals surface area contributed by atoms with E-state index in [1.807, 2.05) is 30.3 Å². The molecule has 0 saturated carbocycles. The number of hydrogen-bond acceptors (Lipinski definition) is 6. The Hall–Kier alpha value is -2.47. The fourth-order valence-corrected chi connectivity index (χ4v) is 2.63. The highest BCUT2D eigenvalue weighted by molar-refractivity contribution is 7.98. The summed E-state index contributed by atoms with van der Waals surface area (Å²) in [7, 11) is 0. The fraction of sp³-hybridized carbons (Fsp3) is 0. The molecule has 5 nitrogen and oxygen atoms in total. The molecule has 0 amide bonds. The van der Waals surface area contributed by atoms with Crippen molar-refractivity contribution >= 4 is 39.6 Å². The highest BCUT2D eigenvalue weighted by Crippen LogP contribution is 2.31. The molecule has 0 spiro atoms. The number of fused-ring (bicyclic) bond motifs is 2. The molecule has 0 fully saturated rings. The molecule has 20 heavy (non-hydrogen) atoms. The van der Waals surface area contributed by atoms with Crippen LogP contribution in [0.15, 0.2) is 61.7 Å². The molecule has 0 aliphatic heterocycles. The van der Waals surface area contributed by atoms with Gasteiger partial charge in [0, 0.05) is 23.5 Å². The summed E-state index contributed by atoms with van der Waals surface area (Å²) < 4.78 is 11.2. The Morgan fingerprint density at radius 1 is 0.850 bits per heavy atom. The average molecular weight is 283 g/mol. The van der Waals surface area contributed by atoms with Gasteiger partial charge in [0.1, 0.15) is 11.0 Å². The lowest BCUT2D eigenvalue weighted by molar-refractivity contribution is 0.465. The third-order valence-electron chi connectivity index (χ3n) is 2.84. The minimum absolute atomic E-state index is 0.483. The number of nitrogens with zero attached hydrogens (tertiary/aromatic N) is 2. The third kappa shape index (κ3) is 1.90. The Labute approximate surface area is 117 Å². The van der Waals surface area contributed by atoms with Crippen molar-refractivity contribution in [3.63, 3.8) is 0 Å². The number of hydrogen-bond donors (Lipinski definition) is 1. The van der Waals surface area contributed by atoms with Gasteiger partial charge in [0.05, 0.1) is 0 Å². The normalized spacial score (nSPS) is 11.4. The predicted molar refractivity (Wildman–Crippen MR) is 76.6 cm³/mol.